The summed E-state index contributed by atoms with van der Waals surface area (Å²) in [6, 6.07) is 27.2. The van der Waals surface area contributed by atoms with Gasteiger partial charge in [0, 0.05) is 5.57 Å². The molecule has 26 heavy (non-hydrogen) atoms. The van der Waals surface area contributed by atoms with Crippen molar-refractivity contribution in [2.45, 2.75) is 13.8 Å². The zero-order valence-corrected chi connectivity index (χ0v) is 14.9. The molecular formula is C23H21NO2. The summed E-state index contributed by atoms with van der Waals surface area (Å²) in [5, 5.41) is 0. The van der Waals surface area contributed by atoms with E-state index in [1.54, 1.807) is 6.26 Å². The van der Waals surface area contributed by atoms with Crippen LogP contribution < -0.4 is 9.47 Å². The molecule has 0 aromatic heterocycles. The second kappa shape index (κ2) is 8.67. The van der Waals surface area contributed by atoms with Gasteiger partial charge >= 0.3 is 0 Å². The number of ether oxygens (including phenoxy) is 2. The van der Waals surface area contributed by atoms with Crippen LogP contribution in [0.15, 0.2) is 102 Å². The van der Waals surface area contributed by atoms with Crippen molar-refractivity contribution < 1.29 is 9.47 Å². The summed E-state index contributed by atoms with van der Waals surface area (Å²) in [4.78, 5) is 4.65. The summed E-state index contributed by atoms with van der Waals surface area (Å²) in [5.74, 6) is 1.99. The molecule has 0 radical (unpaired) electrons. The molecule has 0 saturated carbocycles. The highest BCUT2D eigenvalue weighted by Crippen LogP contribution is 2.18. The van der Waals surface area contributed by atoms with E-state index in [9.17, 15) is 0 Å². The molecule has 130 valence electrons. The smallest absolute Gasteiger partial charge is 0.225 e. The van der Waals surface area contributed by atoms with Crippen LogP contribution >= 0.6 is 0 Å². The fourth-order valence-corrected chi connectivity index (χ4v) is 2.23. The van der Waals surface area contributed by atoms with Crippen LogP contribution in [0.2, 0.25) is 0 Å². The molecule has 3 aromatic carbocycles. The topological polar surface area (TPSA) is 30.8 Å². The number of aliphatic imine (C=N–C) groups is 1. The lowest BCUT2D eigenvalue weighted by molar-refractivity contribution is 0.473. The molecule has 0 bridgehead atoms. The summed E-state index contributed by atoms with van der Waals surface area (Å²) in [6.07, 6.45) is 1.66. The van der Waals surface area contributed by atoms with E-state index < -0.39 is 0 Å². The van der Waals surface area contributed by atoms with E-state index in [0.717, 1.165) is 22.8 Å². The maximum atomic E-state index is 6.00. The molecule has 0 fully saturated rings. The lowest BCUT2D eigenvalue weighted by Gasteiger charge is -2.10. The number of hydrogen-bond acceptors (Lipinski definition) is 3. The van der Waals surface area contributed by atoms with Crippen LogP contribution in [0.1, 0.15) is 12.5 Å². The van der Waals surface area contributed by atoms with Gasteiger partial charge in [-0.05, 0) is 50.2 Å². The van der Waals surface area contributed by atoms with Crippen molar-refractivity contribution >= 4 is 11.6 Å². The summed E-state index contributed by atoms with van der Waals surface area (Å²) in [6.45, 7) is 3.96. The zero-order valence-electron chi connectivity index (χ0n) is 14.9. The number of hydrogen-bond donors (Lipinski definition) is 0. The Balaban J connectivity index is 1.87. The Kier molecular flexibility index (Phi) is 5.84. The Bertz CT molecular complexity index is 883. The first-order chi connectivity index (χ1) is 12.7. The minimum Gasteiger partial charge on any atom is -0.465 e. The molecule has 3 nitrogen and oxygen atoms in total. The van der Waals surface area contributed by atoms with Crippen LogP contribution in [0.5, 0.6) is 11.5 Å². The molecule has 0 atom stereocenters. The number of nitrogens with zero attached hydrogens (tertiary/aromatic N) is 1. The van der Waals surface area contributed by atoms with Gasteiger partial charge in [0.1, 0.15) is 11.5 Å². The molecule has 0 aliphatic rings. The largest absolute Gasteiger partial charge is 0.465 e. The van der Waals surface area contributed by atoms with Crippen LogP contribution in [0, 0.1) is 6.92 Å². The van der Waals surface area contributed by atoms with E-state index in [4.69, 9.17) is 9.47 Å². The minimum absolute atomic E-state index is 0.496. The van der Waals surface area contributed by atoms with Crippen molar-refractivity contribution in [2.75, 3.05) is 0 Å². The maximum Gasteiger partial charge on any atom is 0.225 e. The van der Waals surface area contributed by atoms with Gasteiger partial charge in [-0.1, -0.05) is 54.1 Å². The van der Waals surface area contributed by atoms with Gasteiger partial charge in [0.25, 0.3) is 0 Å². The summed E-state index contributed by atoms with van der Waals surface area (Å²) < 4.78 is 11.7. The standard InChI is InChI=1S/C23H21NO2/c1-18-13-15-20(16-14-18)24-23(26-22-11-7-4-8-12-22)19(2)17-25-21-9-5-3-6-10-21/h3-17H,1-2H3/b19-17+,24-23?. The van der Waals surface area contributed by atoms with Gasteiger partial charge in [-0.25, -0.2) is 4.99 Å². The third-order valence-corrected chi connectivity index (χ3v) is 3.67. The first-order valence-electron chi connectivity index (χ1n) is 8.48. The lowest BCUT2D eigenvalue weighted by atomic mass is 10.2. The third kappa shape index (κ3) is 5.08. The molecule has 0 N–H and O–H groups in total. The van der Waals surface area contributed by atoms with Crippen molar-refractivity contribution in [3.8, 4) is 11.5 Å². The highest BCUT2D eigenvalue weighted by molar-refractivity contribution is 5.96. The van der Waals surface area contributed by atoms with E-state index in [-0.39, 0.29) is 0 Å². The normalized spacial score (nSPS) is 11.9. The molecular weight excluding hydrogens is 322 g/mol. The number of benzene rings is 3. The number of aryl methyl sites for hydroxylation is 1. The van der Waals surface area contributed by atoms with Crippen molar-refractivity contribution in [1.82, 2.24) is 0 Å². The predicted octanol–water partition coefficient (Wildman–Crippen LogP) is 6.09. The Labute approximate surface area is 154 Å². The SMILES string of the molecule is C/C(=C\Oc1ccccc1)C(=Nc1ccc(C)cc1)Oc1ccccc1. The molecule has 3 rings (SSSR count). The molecule has 0 unspecified atom stereocenters. The molecule has 0 aliphatic carbocycles. The molecule has 0 aliphatic heterocycles. The average molecular weight is 343 g/mol. The number of para-hydroxylation sites is 2. The van der Waals surface area contributed by atoms with Gasteiger partial charge in [-0.3, -0.25) is 0 Å². The molecule has 3 aromatic rings. The highest BCUT2D eigenvalue weighted by atomic mass is 16.5. The third-order valence-electron chi connectivity index (χ3n) is 3.67. The lowest BCUT2D eigenvalue weighted by Crippen LogP contribution is -2.10. The summed E-state index contributed by atoms with van der Waals surface area (Å²) in [7, 11) is 0. The van der Waals surface area contributed by atoms with E-state index in [1.807, 2.05) is 98.8 Å². The second-order valence-electron chi connectivity index (χ2n) is 5.90. The van der Waals surface area contributed by atoms with Gasteiger partial charge in [0.2, 0.25) is 5.90 Å². The van der Waals surface area contributed by atoms with Gasteiger partial charge in [-0.15, -0.1) is 0 Å². The molecule has 0 saturated heterocycles. The molecule has 0 spiro atoms. The van der Waals surface area contributed by atoms with E-state index >= 15 is 0 Å². The maximum absolute atomic E-state index is 6.00. The van der Waals surface area contributed by atoms with Crippen LogP contribution in [0.25, 0.3) is 0 Å². The Morgan fingerprint density at radius 2 is 1.35 bits per heavy atom. The predicted molar refractivity (Wildman–Crippen MR) is 106 cm³/mol. The van der Waals surface area contributed by atoms with E-state index in [2.05, 4.69) is 4.99 Å². The number of rotatable bonds is 5. The Morgan fingerprint density at radius 1 is 0.769 bits per heavy atom. The second-order valence-corrected chi connectivity index (χ2v) is 5.90. The highest BCUT2D eigenvalue weighted by Gasteiger charge is 2.07. The van der Waals surface area contributed by atoms with Crippen molar-refractivity contribution in [3.63, 3.8) is 0 Å². The first-order valence-corrected chi connectivity index (χ1v) is 8.48. The van der Waals surface area contributed by atoms with Gasteiger partial charge in [0.05, 0.1) is 11.9 Å². The minimum atomic E-state index is 0.496. The summed E-state index contributed by atoms with van der Waals surface area (Å²) in [5.41, 5.74) is 2.81. The van der Waals surface area contributed by atoms with Gasteiger partial charge in [0.15, 0.2) is 0 Å². The quantitative estimate of drug-likeness (QED) is 0.319. The van der Waals surface area contributed by atoms with Crippen LogP contribution in [0.4, 0.5) is 5.69 Å². The van der Waals surface area contributed by atoms with Gasteiger partial charge < -0.3 is 9.47 Å². The van der Waals surface area contributed by atoms with Crippen molar-refractivity contribution in [3.05, 3.63) is 102 Å². The fourth-order valence-electron chi connectivity index (χ4n) is 2.23. The van der Waals surface area contributed by atoms with Crippen LogP contribution in [-0.4, -0.2) is 5.90 Å². The molecule has 0 heterocycles. The van der Waals surface area contributed by atoms with Crippen molar-refractivity contribution in [1.29, 1.82) is 0 Å². The Morgan fingerprint density at radius 3 is 1.96 bits per heavy atom. The van der Waals surface area contributed by atoms with Gasteiger partial charge in [-0.2, -0.15) is 0 Å². The first kappa shape index (κ1) is 17.5. The fraction of sp³-hybridized carbons (Fsp3) is 0.0870. The molecule has 0 amide bonds. The zero-order chi connectivity index (χ0) is 18.2. The average Bonchev–Trinajstić information content (AvgIpc) is 2.69. The van der Waals surface area contributed by atoms with E-state index in [0.29, 0.717) is 5.90 Å². The van der Waals surface area contributed by atoms with E-state index in [1.165, 1.54) is 5.56 Å². The van der Waals surface area contributed by atoms with Crippen molar-refractivity contribution in [2.24, 2.45) is 4.99 Å². The Hall–Kier alpha value is -3.33. The molecule has 3 heteroatoms. The monoisotopic (exact) mass is 343 g/mol. The summed E-state index contributed by atoms with van der Waals surface area (Å²) >= 11 is 0. The van der Waals surface area contributed by atoms with Crippen LogP contribution in [0.3, 0.4) is 0 Å². The van der Waals surface area contributed by atoms with Crippen LogP contribution in [-0.2, 0) is 0 Å².